The van der Waals surface area contributed by atoms with Gasteiger partial charge in [-0.15, -0.1) is 24.0 Å². The van der Waals surface area contributed by atoms with Gasteiger partial charge in [-0.2, -0.15) is 0 Å². The molecule has 28 heavy (non-hydrogen) atoms. The summed E-state index contributed by atoms with van der Waals surface area (Å²) in [4.78, 5) is 8.75. The highest BCUT2D eigenvalue weighted by atomic mass is 127. The summed E-state index contributed by atoms with van der Waals surface area (Å²) >= 11 is 5.91. The fourth-order valence-corrected chi connectivity index (χ4v) is 2.77. The maximum atomic E-state index is 5.91. The van der Waals surface area contributed by atoms with E-state index in [9.17, 15) is 0 Å². The Morgan fingerprint density at radius 1 is 1.07 bits per heavy atom. The van der Waals surface area contributed by atoms with Crippen LogP contribution >= 0.6 is 35.6 Å². The van der Waals surface area contributed by atoms with Gasteiger partial charge in [0.15, 0.2) is 5.96 Å². The molecule has 0 aliphatic carbocycles. The molecule has 0 aliphatic rings. The lowest BCUT2D eigenvalue weighted by Gasteiger charge is -2.10. The first kappa shape index (κ1) is 22.2. The fourth-order valence-electron chi connectivity index (χ4n) is 2.65. The number of benzene rings is 2. The maximum Gasteiger partial charge on any atom is 0.226 e. The molecular formula is C21H24ClIN4O. The normalized spacial score (nSPS) is 11.0. The van der Waals surface area contributed by atoms with Crippen molar-refractivity contribution in [2.75, 3.05) is 13.6 Å². The summed E-state index contributed by atoms with van der Waals surface area (Å²) < 4.78 is 5.55. The number of aliphatic imine (C=N–C) groups is 1. The van der Waals surface area contributed by atoms with Crippen molar-refractivity contribution in [1.29, 1.82) is 0 Å². The average molecular weight is 511 g/mol. The summed E-state index contributed by atoms with van der Waals surface area (Å²) in [7, 11) is 1.76. The maximum absolute atomic E-state index is 5.91. The van der Waals surface area contributed by atoms with E-state index in [4.69, 9.17) is 16.0 Å². The topological polar surface area (TPSA) is 62.5 Å². The Balaban J connectivity index is 0.00000280. The lowest BCUT2D eigenvalue weighted by atomic mass is 10.1. The number of oxazole rings is 1. The van der Waals surface area contributed by atoms with Gasteiger partial charge in [-0.05, 0) is 42.7 Å². The van der Waals surface area contributed by atoms with E-state index in [1.807, 2.05) is 42.5 Å². The van der Waals surface area contributed by atoms with E-state index in [0.717, 1.165) is 41.6 Å². The summed E-state index contributed by atoms with van der Waals surface area (Å²) in [6.45, 7) is 1.38. The average Bonchev–Trinajstić information content (AvgIpc) is 3.18. The van der Waals surface area contributed by atoms with Crippen LogP contribution in [0.25, 0.3) is 11.5 Å². The van der Waals surface area contributed by atoms with E-state index in [1.165, 1.54) is 5.56 Å². The lowest BCUT2D eigenvalue weighted by Crippen LogP contribution is -2.37. The number of guanidine groups is 1. The molecule has 2 N–H and O–H groups in total. The highest BCUT2D eigenvalue weighted by Gasteiger charge is 2.07. The molecule has 0 saturated carbocycles. The Morgan fingerprint density at radius 3 is 2.54 bits per heavy atom. The molecule has 3 aromatic rings. The van der Waals surface area contributed by atoms with Gasteiger partial charge in [-0.3, -0.25) is 4.99 Å². The van der Waals surface area contributed by atoms with Crippen LogP contribution in [0.5, 0.6) is 0 Å². The van der Waals surface area contributed by atoms with Gasteiger partial charge in [0.1, 0.15) is 6.26 Å². The van der Waals surface area contributed by atoms with Gasteiger partial charge in [-0.1, -0.05) is 41.9 Å². The SMILES string of the molecule is CN=C(NCCCc1ccc(Cl)cc1)NCc1coc(-c2ccccc2)n1.I. The Bertz CT molecular complexity index is 866. The van der Waals surface area contributed by atoms with Gasteiger partial charge in [-0.25, -0.2) is 4.98 Å². The molecule has 0 aliphatic heterocycles. The van der Waals surface area contributed by atoms with Gasteiger partial charge in [0.25, 0.3) is 0 Å². The summed E-state index contributed by atoms with van der Waals surface area (Å²) in [6.07, 6.45) is 3.67. The molecule has 0 bridgehead atoms. The number of aryl methyl sites for hydroxylation is 1. The molecule has 2 aromatic carbocycles. The molecule has 3 rings (SSSR count). The van der Waals surface area contributed by atoms with Gasteiger partial charge >= 0.3 is 0 Å². The molecule has 0 saturated heterocycles. The van der Waals surface area contributed by atoms with Crippen molar-refractivity contribution in [3.05, 3.63) is 77.1 Å². The molecule has 0 amide bonds. The zero-order valence-corrected chi connectivity index (χ0v) is 18.8. The Labute approximate surface area is 187 Å². The van der Waals surface area contributed by atoms with E-state index in [-0.39, 0.29) is 24.0 Å². The first-order valence-electron chi connectivity index (χ1n) is 8.93. The molecule has 5 nitrogen and oxygen atoms in total. The molecule has 0 fully saturated rings. The van der Waals surface area contributed by atoms with Crippen LogP contribution in [0.1, 0.15) is 17.7 Å². The molecule has 7 heteroatoms. The monoisotopic (exact) mass is 510 g/mol. The van der Waals surface area contributed by atoms with Crippen LogP contribution in [0.15, 0.2) is 70.3 Å². The number of hydrogen-bond acceptors (Lipinski definition) is 3. The minimum Gasteiger partial charge on any atom is -0.444 e. The molecule has 1 aromatic heterocycles. The van der Waals surface area contributed by atoms with Crippen molar-refractivity contribution < 1.29 is 4.42 Å². The fraction of sp³-hybridized carbons (Fsp3) is 0.238. The second-order valence-electron chi connectivity index (χ2n) is 6.09. The predicted molar refractivity (Wildman–Crippen MR) is 125 cm³/mol. The molecule has 148 valence electrons. The van der Waals surface area contributed by atoms with Crippen LogP contribution < -0.4 is 10.6 Å². The number of aromatic nitrogens is 1. The lowest BCUT2D eigenvalue weighted by molar-refractivity contribution is 0.572. The summed E-state index contributed by atoms with van der Waals surface area (Å²) in [5.74, 6) is 1.37. The first-order valence-corrected chi connectivity index (χ1v) is 9.31. The second-order valence-corrected chi connectivity index (χ2v) is 6.53. The summed E-state index contributed by atoms with van der Waals surface area (Å²) in [6, 6.07) is 17.8. The largest absolute Gasteiger partial charge is 0.444 e. The van der Waals surface area contributed by atoms with Crippen molar-refractivity contribution in [2.24, 2.45) is 4.99 Å². The molecule has 1 heterocycles. The van der Waals surface area contributed by atoms with E-state index in [1.54, 1.807) is 13.3 Å². The van der Waals surface area contributed by atoms with Crippen LogP contribution in [0.3, 0.4) is 0 Å². The van der Waals surface area contributed by atoms with E-state index in [0.29, 0.717) is 12.4 Å². The zero-order chi connectivity index (χ0) is 18.9. The predicted octanol–water partition coefficient (Wildman–Crippen LogP) is 4.91. The molecule has 0 atom stereocenters. The van der Waals surface area contributed by atoms with Crippen LogP contribution in [0.4, 0.5) is 0 Å². The van der Waals surface area contributed by atoms with Crippen molar-refractivity contribution in [2.45, 2.75) is 19.4 Å². The number of rotatable bonds is 7. The Morgan fingerprint density at radius 2 is 1.82 bits per heavy atom. The van der Waals surface area contributed by atoms with E-state index >= 15 is 0 Å². The molecule has 0 radical (unpaired) electrons. The smallest absolute Gasteiger partial charge is 0.226 e. The van der Waals surface area contributed by atoms with Gasteiger partial charge in [0.05, 0.1) is 12.2 Å². The van der Waals surface area contributed by atoms with Gasteiger partial charge in [0.2, 0.25) is 5.89 Å². The molecule has 0 unspecified atom stereocenters. The van der Waals surface area contributed by atoms with Crippen molar-refractivity contribution in [1.82, 2.24) is 15.6 Å². The first-order chi connectivity index (χ1) is 13.2. The van der Waals surface area contributed by atoms with Crippen molar-refractivity contribution >= 4 is 41.5 Å². The third kappa shape index (κ3) is 6.83. The molecular weight excluding hydrogens is 487 g/mol. The summed E-state index contributed by atoms with van der Waals surface area (Å²) in [5.41, 5.74) is 3.08. The van der Waals surface area contributed by atoms with Crippen LogP contribution in [0.2, 0.25) is 5.02 Å². The number of halogens is 2. The minimum atomic E-state index is 0. The van der Waals surface area contributed by atoms with E-state index < -0.39 is 0 Å². The van der Waals surface area contributed by atoms with Crippen molar-refractivity contribution in [3.8, 4) is 11.5 Å². The van der Waals surface area contributed by atoms with Crippen LogP contribution in [-0.4, -0.2) is 24.5 Å². The highest BCUT2D eigenvalue weighted by molar-refractivity contribution is 14.0. The highest BCUT2D eigenvalue weighted by Crippen LogP contribution is 2.17. The van der Waals surface area contributed by atoms with Crippen LogP contribution in [0, 0.1) is 0 Å². The van der Waals surface area contributed by atoms with E-state index in [2.05, 4.69) is 32.7 Å². The Hall–Kier alpha value is -2.06. The Kier molecular flexibility index (Phi) is 9.30. The standard InChI is InChI=1S/C21H23ClN4O.HI/c1-23-21(24-13-5-6-16-9-11-18(22)12-10-16)25-14-19-15-27-20(26-19)17-7-3-2-4-8-17;/h2-4,7-12,15H,5-6,13-14H2,1H3,(H2,23,24,25);1H. The molecule has 0 spiro atoms. The van der Waals surface area contributed by atoms with Crippen LogP contribution in [-0.2, 0) is 13.0 Å². The third-order valence-corrected chi connectivity index (χ3v) is 4.33. The van der Waals surface area contributed by atoms with Gasteiger partial charge < -0.3 is 15.1 Å². The zero-order valence-electron chi connectivity index (χ0n) is 15.7. The summed E-state index contributed by atoms with van der Waals surface area (Å²) in [5, 5.41) is 7.34. The van der Waals surface area contributed by atoms with Gasteiger partial charge in [0, 0.05) is 24.2 Å². The minimum absolute atomic E-state index is 0. The van der Waals surface area contributed by atoms with Crippen molar-refractivity contribution in [3.63, 3.8) is 0 Å². The number of hydrogen-bond donors (Lipinski definition) is 2. The number of nitrogens with zero attached hydrogens (tertiary/aromatic N) is 2. The quantitative estimate of drug-likeness (QED) is 0.205. The number of nitrogens with one attached hydrogen (secondary N) is 2. The second kappa shape index (κ2) is 11.7. The third-order valence-electron chi connectivity index (χ3n) is 4.08.